The molecule has 1 unspecified atom stereocenters. The minimum Gasteiger partial charge on any atom is -0.480 e. The Labute approximate surface area is 93.4 Å². The van der Waals surface area contributed by atoms with Gasteiger partial charge in [-0.05, 0) is 18.6 Å². The van der Waals surface area contributed by atoms with Crippen LogP contribution in [0.4, 0.5) is 0 Å². The average Bonchev–Trinajstić information content (AvgIpc) is 2.27. The van der Waals surface area contributed by atoms with E-state index in [4.69, 9.17) is 5.11 Å². The zero-order chi connectivity index (χ0) is 12.2. The molecule has 0 radical (unpaired) electrons. The van der Waals surface area contributed by atoms with E-state index < -0.39 is 21.2 Å². The smallest absolute Gasteiger partial charge is 0.323 e. The van der Waals surface area contributed by atoms with Crippen molar-refractivity contribution in [1.29, 1.82) is 0 Å². The van der Waals surface area contributed by atoms with Gasteiger partial charge in [0.05, 0.1) is 0 Å². The van der Waals surface area contributed by atoms with E-state index in [1.54, 1.807) is 18.3 Å². The molecule has 1 rings (SSSR count). The van der Waals surface area contributed by atoms with Crippen molar-refractivity contribution in [1.82, 2.24) is 9.71 Å². The maximum atomic E-state index is 11.4. The van der Waals surface area contributed by atoms with E-state index in [2.05, 4.69) is 9.71 Å². The summed E-state index contributed by atoms with van der Waals surface area (Å²) in [5.74, 6) is -1.38. The fraction of sp³-hybridized carbons (Fsp3) is 0.333. The minimum atomic E-state index is -3.84. The molecule has 16 heavy (non-hydrogen) atoms. The number of carboxylic acids is 1. The number of nitrogens with one attached hydrogen (secondary N) is 1. The van der Waals surface area contributed by atoms with E-state index in [0.29, 0.717) is 5.56 Å². The van der Waals surface area contributed by atoms with Crippen molar-refractivity contribution in [2.24, 2.45) is 0 Å². The highest BCUT2D eigenvalue weighted by atomic mass is 32.2. The lowest BCUT2D eigenvalue weighted by Crippen LogP contribution is -2.37. The number of hydrogen-bond acceptors (Lipinski definition) is 4. The standard InChI is InChI=1S/C9H12N2O4S/c1-7(9(12)13)16(14,15)11-6-8-3-2-4-10-5-8/h2-5,7,11H,6H2,1H3,(H,12,13). The second-order valence-electron chi connectivity index (χ2n) is 3.21. The number of hydrogen-bond donors (Lipinski definition) is 2. The van der Waals surface area contributed by atoms with E-state index in [0.717, 1.165) is 6.92 Å². The molecular weight excluding hydrogens is 232 g/mol. The zero-order valence-electron chi connectivity index (χ0n) is 8.62. The molecule has 1 aromatic heterocycles. The molecular formula is C9H12N2O4S. The maximum absolute atomic E-state index is 11.4. The lowest BCUT2D eigenvalue weighted by molar-refractivity contribution is -0.136. The lowest BCUT2D eigenvalue weighted by Gasteiger charge is -2.09. The molecule has 0 aliphatic rings. The van der Waals surface area contributed by atoms with E-state index in [-0.39, 0.29) is 6.54 Å². The molecule has 88 valence electrons. The number of nitrogens with zero attached hydrogens (tertiary/aromatic N) is 1. The van der Waals surface area contributed by atoms with E-state index >= 15 is 0 Å². The van der Waals surface area contributed by atoms with Gasteiger partial charge in [-0.3, -0.25) is 9.78 Å². The normalized spacial score (nSPS) is 13.3. The van der Waals surface area contributed by atoms with Gasteiger partial charge in [0.25, 0.3) is 0 Å². The van der Waals surface area contributed by atoms with Crippen LogP contribution in [-0.2, 0) is 21.4 Å². The van der Waals surface area contributed by atoms with Gasteiger partial charge in [0.1, 0.15) is 0 Å². The van der Waals surface area contributed by atoms with Crippen molar-refractivity contribution in [2.45, 2.75) is 18.7 Å². The molecule has 0 aromatic carbocycles. The Morgan fingerprint density at radius 1 is 1.62 bits per heavy atom. The number of carboxylic acid groups (broad SMARTS) is 1. The summed E-state index contributed by atoms with van der Waals surface area (Å²) in [6, 6.07) is 3.37. The predicted molar refractivity (Wildman–Crippen MR) is 57.1 cm³/mol. The molecule has 0 saturated heterocycles. The maximum Gasteiger partial charge on any atom is 0.323 e. The van der Waals surface area contributed by atoms with E-state index in [1.165, 1.54) is 6.20 Å². The molecule has 0 aliphatic heterocycles. The fourth-order valence-electron chi connectivity index (χ4n) is 0.944. The Bertz CT molecular complexity index is 458. The Hall–Kier alpha value is -1.47. The third-order valence-corrected chi connectivity index (χ3v) is 3.69. The first-order chi connectivity index (χ1) is 7.43. The monoisotopic (exact) mass is 244 g/mol. The second-order valence-corrected chi connectivity index (χ2v) is 5.29. The van der Waals surface area contributed by atoms with Gasteiger partial charge in [0.2, 0.25) is 10.0 Å². The summed E-state index contributed by atoms with van der Waals surface area (Å²) in [4.78, 5) is 14.3. The van der Waals surface area contributed by atoms with Crippen LogP contribution in [0.1, 0.15) is 12.5 Å². The topological polar surface area (TPSA) is 96.4 Å². The molecule has 1 atom stereocenters. The molecule has 7 heteroatoms. The van der Waals surface area contributed by atoms with Crippen molar-refractivity contribution in [2.75, 3.05) is 0 Å². The number of carbonyl (C=O) groups is 1. The second kappa shape index (κ2) is 5.04. The number of rotatable bonds is 5. The first-order valence-corrected chi connectivity index (χ1v) is 6.08. The van der Waals surface area contributed by atoms with Crippen molar-refractivity contribution in [3.8, 4) is 0 Å². The van der Waals surface area contributed by atoms with Gasteiger partial charge < -0.3 is 5.11 Å². The number of sulfonamides is 1. The molecule has 6 nitrogen and oxygen atoms in total. The highest BCUT2D eigenvalue weighted by molar-refractivity contribution is 7.90. The summed E-state index contributed by atoms with van der Waals surface area (Å²) < 4.78 is 25.1. The molecule has 2 N–H and O–H groups in total. The van der Waals surface area contributed by atoms with Crippen LogP contribution < -0.4 is 4.72 Å². The highest BCUT2D eigenvalue weighted by Crippen LogP contribution is 2.01. The highest BCUT2D eigenvalue weighted by Gasteiger charge is 2.26. The number of aromatic nitrogens is 1. The Morgan fingerprint density at radius 2 is 2.31 bits per heavy atom. The zero-order valence-corrected chi connectivity index (χ0v) is 9.44. The van der Waals surface area contributed by atoms with Gasteiger partial charge in [-0.2, -0.15) is 0 Å². The molecule has 0 saturated carbocycles. The van der Waals surface area contributed by atoms with Crippen molar-refractivity contribution >= 4 is 16.0 Å². The lowest BCUT2D eigenvalue weighted by atomic mass is 10.3. The van der Waals surface area contributed by atoms with Crippen molar-refractivity contribution < 1.29 is 18.3 Å². The molecule has 0 bridgehead atoms. The fourth-order valence-corrected chi connectivity index (χ4v) is 1.83. The average molecular weight is 244 g/mol. The van der Waals surface area contributed by atoms with Crippen LogP contribution in [0, 0.1) is 0 Å². The first kappa shape index (κ1) is 12.6. The van der Waals surface area contributed by atoms with Gasteiger partial charge in [0, 0.05) is 18.9 Å². The summed E-state index contributed by atoms with van der Waals surface area (Å²) >= 11 is 0. The first-order valence-electron chi connectivity index (χ1n) is 4.53. The van der Waals surface area contributed by atoms with Gasteiger partial charge in [-0.1, -0.05) is 6.07 Å². The van der Waals surface area contributed by atoms with Crippen molar-refractivity contribution in [3.63, 3.8) is 0 Å². The van der Waals surface area contributed by atoms with Gasteiger partial charge in [-0.25, -0.2) is 13.1 Å². The van der Waals surface area contributed by atoms with Crippen LogP contribution in [0.5, 0.6) is 0 Å². The number of aliphatic carboxylic acids is 1. The van der Waals surface area contributed by atoms with Crippen LogP contribution >= 0.6 is 0 Å². The SMILES string of the molecule is CC(C(=O)O)S(=O)(=O)NCc1cccnc1. The van der Waals surface area contributed by atoms with E-state index in [1.807, 2.05) is 0 Å². The Kier molecular flexibility index (Phi) is 3.97. The summed E-state index contributed by atoms with van der Waals surface area (Å²) in [6.45, 7) is 1.15. The molecule has 0 aliphatic carbocycles. The quantitative estimate of drug-likeness (QED) is 0.758. The third-order valence-electron chi connectivity index (χ3n) is 2.01. The summed E-state index contributed by atoms with van der Waals surface area (Å²) in [7, 11) is -3.84. The van der Waals surface area contributed by atoms with Gasteiger partial charge in [0.15, 0.2) is 5.25 Å². The van der Waals surface area contributed by atoms with Crippen LogP contribution in [-0.4, -0.2) is 29.7 Å². The Balaban J connectivity index is 2.65. The van der Waals surface area contributed by atoms with Gasteiger partial charge >= 0.3 is 5.97 Å². The van der Waals surface area contributed by atoms with E-state index in [9.17, 15) is 13.2 Å². The predicted octanol–water partition coefficient (Wildman–Crippen LogP) is -0.0259. The molecule has 1 aromatic rings. The third kappa shape index (κ3) is 3.28. The summed E-state index contributed by atoms with van der Waals surface area (Å²) in [5.41, 5.74) is 0.670. The minimum absolute atomic E-state index is 0.0355. The van der Waals surface area contributed by atoms with Crippen LogP contribution in [0.3, 0.4) is 0 Å². The largest absolute Gasteiger partial charge is 0.480 e. The summed E-state index contributed by atoms with van der Waals surface area (Å²) in [5, 5.41) is 7.11. The van der Waals surface area contributed by atoms with Crippen LogP contribution in [0.2, 0.25) is 0 Å². The summed E-state index contributed by atoms with van der Waals surface area (Å²) in [6.07, 6.45) is 3.08. The Morgan fingerprint density at radius 3 is 2.81 bits per heavy atom. The number of pyridine rings is 1. The molecule has 0 fully saturated rings. The van der Waals surface area contributed by atoms with Crippen LogP contribution in [0.25, 0.3) is 0 Å². The molecule has 0 amide bonds. The van der Waals surface area contributed by atoms with Crippen LogP contribution in [0.15, 0.2) is 24.5 Å². The molecule has 0 spiro atoms. The molecule has 1 heterocycles. The van der Waals surface area contributed by atoms with Gasteiger partial charge in [-0.15, -0.1) is 0 Å². The van der Waals surface area contributed by atoms with Crippen molar-refractivity contribution in [3.05, 3.63) is 30.1 Å².